The summed E-state index contributed by atoms with van der Waals surface area (Å²) in [5.41, 5.74) is 0. The molecule has 0 spiro atoms. The van der Waals surface area contributed by atoms with Crippen molar-refractivity contribution < 1.29 is 12.8 Å². The minimum absolute atomic E-state index is 0.101. The van der Waals surface area contributed by atoms with E-state index in [0.29, 0.717) is 4.47 Å². The average Bonchev–Trinajstić information content (AvgIpc) is 2.28. The van der Waals surface area contributed by atoms with Crippen LogP contribution in [0, 0.1) is 5.82 Å². The Morgan fingerprint density at radius 2 is 1.83 bits per heavy atom. The molecule has 0 saturated heterocycles. The van der Waals surface area contributed by atoms with Crippen LogP contribution in [-0.4, -0.2) is 25.8 Å². The molecule has 3 nitrogen and oxygen atoms in total. The summed E-state index contributed by atoms with van der Waals surface area (Å²) in [6.45, 7) is 7.17. The third kappa shape index (κ3) is 3.28. The second kappa shape index (κ2) is 6.26. The zero-order valence-corrected chi connectivity index (χ0v) is 12.0. The molecule has 0 aliphatic rings. The van der Waals surface area contributed by atoms with Gasteiger partial charge in [-0.3, -0.25) is 0 Å². The van der Waals surface area contributed by atoms with Gasteiger partial charge in [-0.05, 0) is 18.2 Å². The van der Waals surface area contributed by atoms with Gasteiger partial charge in [0, 0.05) is 17.6 Å². The first-order valence-corrected chi connectivity index (χ1v) is 7.33. The summed E-state index contributed by atoms with van der Waals surface area (Å²) >= 11 is 3.08. The molecule has 0 aliphatic heterocycles. The maximum atomic E-state index is 13.7. The van der Waals surface area contributed by atoms with Crippen LogP contribution in [0.1, 0.15) is 0 Å². The van der Waals surface area contributed by atoms with E-state index in [4.69, 9.17) is 0 Å². The molecule has 18 heavy (non-hydrogen) atoms. The van der Waals surface area contributed by atoms with E-state index in [0.717, 1.165) is 10.4 Å². The lowest BCUT2D eigenvalue weighted by atomic mass is 10.3. The van der Waals surface area contributed by atoms with Gasteiger partial charge in [-0.2, -0.15) is 4.31 Å². The van der Waals surface area contributed by atoms with Crippen LogP contribution in [0.15, 0.2) is 52.9 Å². The Balaban J connectivity index is 3.25. The first kappa shape index (κ1) is 15.1. The Morgan fingerprint density at radius 1 is 1.28 bits per heavy atom. The van der Waals surface area contributed by atoms with E-state index in [9.17, 15) is 12.8 Å². The third-order valence-electron chi connectivity index (χ3n) is 2.18. The summed E-state index contributed by atoms with van der Waals surface area (Å²) in [7, 11) is -3.88. The lowest BCUT2D eigenvalue weighted by Crippen LogP contribution is -2.32. The van der Waals surface area contributed by atoms with Crippen molar-refractivity contribution in [1.82, 2.24) is 4.31 Å². The Labute approximate surface area is 115 Å². The van der Waals surface area contributed by atoms with Gasteiger partial charge < -0.3 is 0 Å². The van der Waals surface area contributed by atoms with Crippen molar-refractivity contribution in [2.45, 2.75) is 4.90 Å². The van der Waals surface area contributed by atoms with Gasteiger partial charge in [0.1, 0.15) is 10.7 Å². The van der Waals surface area contributed by atoms with Crippen LogP contribution in [0.2, 0.25) is 0 Å². The van der Waals surface area contributed by atoms with Crippen molar-refractivity contribution in [3.63, 3.8) is 0 Å². The van der Waals surface area contributed by atoms with Gasteiger partial charge in [-0.15, -0.1) is 13.2 Å². The van der Waals surface area contributed by atoms with Crippen molar-refractivity contribution >= 4 is 26.0 Å². The number of halogens is 2. The normalized spacial score (nSPS) is 11.5. The van der Waals surface area contributed by atoms with Crippen molar-refractivity contribution in [1.29, 1.82) is 0 Å². The topological polar surface area (TPSA) is 37.4 Å². The molecule has 98 valence electrons. The predicted molar refractivity (Wildman–Crippen MR) is 73.3 cm³/mol. The standard InChI is InChI=1S/C12H13BrFNO2S/c1-3-7-15(8-4-2)18(16,17)12-6-5-10(13)9-11(12)14/h3-6,9H,1-2,7-8H2. The fraction of sp³-hybridized carbons (Fsp3) is 0.167. The molecule has 1 rings (SSSR count). The molecule has 0 unspecified atom stereocenters. The third-order valence-corrected chi connectivity index (χ3v) is 4.54. The van der Waals surface area contributed by atoms with Gasteiger partial charge in [-0.1, -0.05) is 28.1 Å². The second-order valence-corrected chi connectivity index (χ2v) is 6.30. The fourth-order valence-electron chi connectivity index (χ4n) is 1.38. The molecule has 1 aromatic rings. The monoisotopic (exact) mass is 333 g/mol. The fourth-order valence-corrected chi connectivity index (χ4v) is 3.14. The lowest BCUT2D eigenvalue weighted by Gasteiger charge is -2.19. The summed E-state index contributed by atoms with van der Waals surface area (Å²) < 4.78 is 39.7. The molecule has 0 N–H and O–H groups in total. The highest BCUT2D eigenvalue weighted by molar-refractivity contribution is 9.10. The zero-order valence-electron chi connectivity index (χ0n) is 9.64. The zero-order chi connectivity index (χ0) is 13.8. The van der Waals surface area contributed by atoms with Crippen molar-refractivity contribution in [3.05, 3.63) is 53.8 Å². The Morgan fingerprint density at radius 3 is 2.28 bits per heavy atom. The number of hydrogen-bond acceptors (Lipinski definition) is 2. The van der Waals surface area contributed by atoms with Crippen LogP contribution in [0.5, 0.6) is 0 Å². The van der Waals surface area contributed by atoms with Gasteiger partial charge in [0.25, 0.3) is 0 Å². The van der Waals surface area contributed by atoms with Crippen molar-refractivity contribution in [2.75, 3.05) is 13.1 Å². The highest BCUT2D eigenvalue weighted by Gasteiger charge is 2.25. The van der Waals surface area contributed by atoms with Gasteiger partial charge in [0.05, 0.1) is 0 Å². The average molecular weight is 334 g/mol. The molecule has 0 aromatic heterocycles. The van der Waals surface area contributed by atoms with Gasteiger partial charge >= 0.3 is 0 Å². The van der Waals surface area contributed by atoms with Crippen molar-refractivity contribution in [3.8, 4) is 0 Å². The molecule has 0 radical (unpaired) electrons. The van der Waals surface area contributed by atoms with E-state index in [2.05, 4.69) is 29.1 Å². The smallest absolute Gasteiger partial charge is 0.207 e. The number of sulfonamides is 1. The Kier molecular flexibility index (Phi) is 5.25. The maximum Gasteiger partial charge on any atom is 0.246 e. The molecule has 0 amide bonds. The second-order valence-electron chi connectivity index (χ2n) is 3.47. The van der Waals surface area contributed by atoms with Crippen LogP contribution in [0.3, 0.4) is 0 Å². The summed E-state index contributed by atoms with van der Waals surface area (Å²) in [5.74, 6) is -0.789. The first-order valence-electron chi connectivity index (χ1n) is 5.10. The Bertz CT molecular complexity index is 547. The molecule has 1 aromatic carbocycles. The maximum absolute atomic E-state index is 13.7. The van der Waals surface area contributed by atoms with E-state index in [1.54, 1.807) is 0 Å². The van der Waals surface area contributed by atoms with E-state index >= 15 is 0 Å². The lowest BCUT2D eigenvalue weighted by molar-refractivity contribution is 0.466. The van der Waals surface area contributed by atoms with Gasteiger partial charge in [0.2, 0.25) is 10.0 Å². The molecular weight excluding hydrogens is 321 g/mol. The van der Waals surface area contributed by atoms with Crippen LogP contribution < -0.4 is 0 Å². The summed E-state index contributed by atoms with van der Waals surface area (Å²) in [6, 6.07) is 3.83. The van der Waals surface area contributed by atoms with E-state index in [1.165, 1.54) is 24.3 Å². The van der Waals surface area contributed by atoms with Gasteiger partial charge in [0.15, 0.2) is 0 Å². The number of nitrogens with zero attached hydrogens (tertiary/aromatic N) is 1. The van der Waals surface area contributed by atoms with Crippen LogP contribution in [-0.2, 0) is 10.0 Å². The largest absolute Gasteiger partial charge is 0.246 e. The molecule has 0 atom stereocenters. The van der Waals surface area contributed by atoms with E-state index < -0.39 is 15.8 Å². The molecule has 0 saturated carbocycles. The Hall–Kier alpha value is -0.980. The van der Waals surface area contributed by atoms with Crippen LogP contribution in [0.4, 0.5) is 4.39 Å². The van der Waals surface area contributed by atoms with Crippen molar-refractivity contribution in [2.24, 2.45) is 0 Å². The number of rotatable bonds is 6. The minimum atomic E-state index is -3.88. The summed E-state index contributed by atoms with van der Waals surface area (Å²) in [5, 5.41) is 0. The summed E-state index contributed by atoms with van der Waals surface area (Å²) in [4.78, 5) is -0.352. The summed E-state index contributed by atoms with van der Waals surface area (Å²) in [6.07, 6.45) is 2.88. The number of benzene rings is 1. The molecular formula is C12H13BrFNO2S. The number of hydrogen-bond donors (Lipinski definition) is 0. The molecule has 0 fully saturated rings. The molecule has 0 aliphatic carbocycles. The van der Waals surface area contributed by atoms with Crippen LogP contribution >= 0.6 is 15.9 Å². The van der Waals surface area contributed by atoms with Crippen LogP contribution in [0.25, 0.3) is 0 Å². The highest BCUT2D eigenvalue weighted by Crippen LogP contribution is 2.22. The van der Waals surface area contributed by atoms with Gasteiger partial charge in [-0.25, -0.2) is 12.8 Å². The SMILES string of the molecule is C=CCN(CC=C)S(=O)(=O)c1ccc(Br)cc1F. The van der Waals surface area contributed by atoms with E-state index in [1.807, 2.05) is 0 Å². The molecule has 0 heterocycles. The highest BCUT2D eigenvalue weighted by atomic mass is 79.9. The van der Waals surface area contributed by atoms with E-state index in [-0.39, 0.29) is 18.0 Å². The predicted octanol–water partition coefficient (Wildman–Crippen LogP) is 2.95. The first-order chi connectivity index (χ1) is 8.43. The quantitative estimate of drug-likeness (QED) is 0.750. The molecule has 6 heteroatoms. The minimum Gasteiger partial charge on any atom is -0.207 e. The molecule has 0 bridgehead atoms.